The molecule has 0 bridgehead atoms. The first kappa shape index (κ1) is 57.9. The van der Waals surface area contributed by atoms with Gasteiger partial charge in [0.05, 0.1) is 16.9 Å². The molecule has 0 unspecified atom stereocenters. The van der Waals surface area contributed by atoms with Gasteiger partial charge in [0.25, 0.3) is 0 Å². The van der Waals surface area contributed by atoms with Crippen molar-refractivity contribution in [3.63, 3.8) is 0 Å². The zero-order valence-electron chi connectivity index (χ0n) is 51.6. The Morgan fingerprint density at radius 2 is 1.04 bits per heavy atom. The Morgan fingerprint density at radius 1 is 0.544 bits per heavy atom. The quantitative estimate of drug-likeness (QED) is 0.149. The summed E-state index contributed by atoms with van der Waals surface area (Å²) in [5, 5.41) is 2.35. The smallest absolute Gasteiger partial charge is 0.503 e. The number of nitrogens with zero attached hydrogens (tertiary/aromatic N) is 4. The van der Waals surface area contributed by atoms with Gasteiger partial charge in [-0.15, -0.1) is 41.0 Å². The Labute approximate surface area is 489 Å². The molecule has 0 saturated carbocycles. The fraction of sp³-hybridized carbons (Fsp3) is 0.425. The van der Waals surface area contributed by atoms with Gasteiger partial charge in [-0.1, -0.05) is 210 Å². The molecule has 414 valence electrons. The number of hydrogen-bond acceptors (Lipinski definition) is 4. The van der Waals surface area contributed by atoms with Crippen LogP contribution in [0.1, 0.15) is 218 Å². The number of hydrogen-bond donors (Lipinski definition) is 0. The van der Waals surface area contributed by atoms with Crippen LogP contribution in [0, 0.1) is 19.1 Å². The van der Waals surface area contributed by atoms with Gasteiger partial charge in [-0.2, -0.15) is 0 Å². The minimum Gasteiger partial charge on any atom is -0.503 e. The van der Waals surface area contributed by atoms with E-state index in [-0.39, 0.29) is 60.0 Å². The van der Waals surface area contributed by atoms with Crippen LogP contribution in [0.4, 0.5) is 5.69 Å². The summed E-state index contributed by atoms with van der Waals surface area (Å²) in [4.78, 5) is 14.0. The van der Waals surface area contributed by atoms with Crippen LogP contribution in [-0.2, 0) is 59.2 Å². The second-order valence-electron chi connectivity index (χ2n) is 29.0. The number of benzene rings is 6. The monoisotopic (exact) mass is 1230 g/mol. The number of anilines is 1. The molecule has 6 aromatic carbocycles. The van der Waals surface area contributed by atoms with Gasteiger partial charge in [-0.25, -0.2) is 4.98 Å². The molecule has 2 aliphatic rings. The molecular weight excluding hydrogens is 1140 g/mol. The second-order valence-corrected chi connectivity index (χ2v) is 29.0. The van der Waals surface area contributed by atoms with E-state index in [2.05, 4.69) is 277 Å². The average molecular weight is 1230 g/mol. The summed E-state index contributed by atoms with van der Waals surface area (Å²) in [5.74, 6) is 2.61. The maximum Gasteiger partial charge on any atom is 2.00 e. The van der Waals surface area contributed by atoms with Crippen LogP contribution in [0.25, 0.3) is 38.8 Å². The van der Waals surface area contributed by atoms with Crippen molar-refractivity contribution in [2.75, 3.05) is 4.90 Å². The molecule has 5 nitrogen and oxygen atoms in total. The van der Waals surface area contributed by atoms with Gasteiger partial charge in [0.1, 0.15) is 11.2 Å². The van der Waals surface area contributed by atoms with Gasteiger partial charge >= 0.3 is 21.1 Å². The first-order chi connectivity index (χ1) is 36.1. The number of aliphatic imine (C=N–C) groups is 1. The van der Waals surface area contributed by atoms with Crippen LogP contribution >= 0.6 is 0 Å². The molecular formula is C73H86N4OPt. The molecule has 0 spiro atoms. The molecule has 2 atom stereocenters. The number of ether oxygens (including phenoxy) is 1. The predicted molar refractivity (Wildman–Crippen MR) is 331 cm³/mol. The third-order valence-corrected chi connectivity index (χ3v) is 17.4. The van der Waals surface area contributed by atoms with Crippen molar-refractivity contribution in [3.8, 4) is 28.3 Å². The normalized spacial score (nSPS) is 17.8. The fourth-order valence-corrected chi connectivity index (χ4v) is 12.3. The Morgan fingerprint density at radius 3 is 1.58 bits per heavy atom. The van der Waals surface area contributed by atoms with E-state index in [4.69, 9.17) is 14.7 Å². The van der Waals surface area contributed by atoms with Gasteiger partial charge < -0.3 is 19.2 Å². The molecule has 0 amide bonds. The van der Waals surface area contributed by atoms with Crippen molar-refractivity contribution in [2.24, 2.45) is 4.99 Å². The minimum atomic E-state index is -0.735. The van der Waals surface area contributed by atoms with Crippen molar-refractivity contribution in [2.45, 2.75) is 202 Å². The van der Waals surface area contributed by atoms with E-state index in [0.717, 1.165) is 44.8 Å². The summed E-state index contributed by atoms with van der Waals surface area (Å²) >= 11 is 0. The maximum atomic E-state index is 7.32. The van der Waals surface area contributed by atoms with Crippen LogP contribution in [0.5, 0.6) is 11.5 Å². The number of pyridine rings is 1. The summed E-state index contributed by atoms with van der Waals surface area (Å²) in [6.45, 7) is 50.8. The molecule has 1 aliphatic heterocycles. The predicted octanol–water partition coefficient (Wildman–Crippen LogP) is 19.7. The van der Waals surface area contributed by atoms with Gasteiger partial charge in [-0.3, -0.25) is 0 Å². The molecule has 10 rings (SSSR count). The Balaban J connectivity index is 0.00000757. The molecule has 2 aromatic heterocycles. The van der Waals surface area contributed by atoms with Crippen molar-refractivity contribution in [1.29, 1.82) is 0 Å². The van der Waals surface area contributed by atoms with Crippen LogP contribution in [-0.4, -0.2) is 15.4 Å². The van der Waals surface area contributed by atoms with E-state index in [1.807, 2.05) is 6.20 Å². The first-order valence-corrected chi connectivity index (χ1v) is 28.7. The summed E-state index contributed by atoms with van der Waals surface area (Å²) < 4.78 is 9.60. The Bertz CT molecular complexity index is 3710. The summed E-state index contributed by atoms with van der Waals surface area (Å²) in [5.41, 5.74) is 18.1. The van der Waals surface area contributed by atoms with Crippen LogP contribution < -0.4 is 9.64 Å². The number of rotatable bonds is 7. The van der Waals surface area contributed by atoms with E-state index in [1.165, 1.54) is 66.7 Å². The van der Waals surface area contributed by atoms with Crippen LogP contribution in [0.2, 0.25) is 0 Å². The zero-order valence-corrected chi connectivity index (χ0v) is 53.8. The van der Waals surface area contributed by atoms with Gasteiger partial charge in [0.2, 0.25) is 0 Å². The molecule has 8 aromatic rings. The summed E-state index contributed by atoms with van der Waals surface area (Å²) in [6, 6.07) is 47.2. The van der Waals surface area contributed by atoms with Gasteiger partial charge in [0.15, 0.2) is 0 Å². The molecule has 0 N–H and O–H groups in total. The van der Waals surface area contributed by atoms with Crippen molar-refractivity contribution >= 4 is 33.5 Å². The first-order valence-electron chi connectivity index (χ1n) is 28.7. The minimum absolute atomic E-state index is 0. The van der Waals surface area contributed by atoms with Crippen molar-refractivity contribution < 1.29 is 25.8 Å². The number of aryl methyl sites for hydroxylation is 1. The van der Waals surface area contributed by atoms with Crippen LogP contribution in [0.3, 0.4) is 0 Å². The Hall–Kier alpha value is -5.77. The van der Waals surface area contributed by atoms with E-state index in [9.17, 15) is 0 Å². The standard InChI is InChI=1S/C73H86N4O.Pt/c1-43(2)55-24-23-25-56(44(3)4)64(55)77-65(75-72(21)60-29-26-47(67(6,7)8)39-57(60)58-40-48(68(9,10)11)27-30-61(58)73(72,77)22)46-34-50(70(15,16)17)37-53(35-46)78-54-38-51(71(18,19)20)36-52(42-54)76-62-31-28-49(69(12,13)14)41-59(62)63-45(5)32-33-74-66(63)76;/h23-34,36-41,43-44H,1-22H3;/q-2;+2/t72-,73+;/m1./s1. The number of fused-ring (bicyclic) bond motifs is 9. The van der Waals surface area contributed by atoms with Crippen LogP contribution in [0.15, 0.2) is 114 Å². The molecule has 3 heterocycles. The third kappa shape index (κ3) is 9.74. The van der Waals surface area contributed by atoms with E-state index < -0.39 is 11.1 Å². The molecule has 6 heteroatoms. The second kappa shape index (κ2) is 19.5. The zero-order chi connectivity index (χ0) is 56.8. The van der Waals surface area contributed by atoms with Gasteiger partial charge in [0, 0.05) is 34.2 Å². The fourth-order valence-electron chi connectivity index (χ4n) is 12.3. The number of aromatic nitrogens is 2. The van der Waals surface area contributed by atoms with E-state index in [0.29, 0.717) is 11.5 Å². The molecule has 1 aliphatic carbocycles. The number of amidine groups is 1. The third-order valence-electron chi connectivity index (χ3n) is 17.4. The van der Waals surface area contributed by atoms with E-state index in [1.54, 1.807) is 0 Å². The molecule has 79 heavy (non-hydrogen) atoms. The summed E-state index contributed by atoms with van der Waals surface area (Å²) in [6.07, 6.45) is 1.93. The SMILES string of the molecule is Cc1ccnc2c1c1cc(C(C)(C)C)ccc1n2-c1[c-]c(Oc2[c-]c(C3=N[C@]4(C)c5ccc(C(C)(C)C)cc5-c5cc(C(C)(C)C)ccc5[C@]4(C)N3c3c(C(C)C)cccc3C(C)C)cc(C(C)(C)C)c2)cc(C(C)(C)C)c1.[Pt+2]. The molecule has 0 saturated heterocycles. The average Bonchev–Trinajstić information content (AvgIpc) is 2.16. The van der Waals surface area contributed by atoms with E-state index >= 15 is 0 Å². The molecule has 0 fully saturated rings. The largest absolute Gasteiger partial charge is 2.00 e. The van der Waals surface area contributed by atoms with Gasteiger partial charge in [-0.05, 0) is 134 Å². The number of para-hydroxylation sites is 1. The topological polar surface area (TPSA) is 42.6 Å². The van der Waals surface area contributed by atoms with Crippen molar-refractivity contribution in [1.82, 2.24) is 9.55 Å². The molecule has 0 radical (unpaired) electrons. The van der Waals surface area contributed by atoms with Crippen molar-refractivity contribution in [3.05, 3.63) is 183 Å². The maximum absolute atomic E-state index is 7.32. The Kier molecular flexibility index (Phi) is 14.3. The summed E-state index contributed by atoms with van der Waals surface area (Å²) in [7, 11) is 0.